The van der Waals surface area contributed by atoms with Crippen LogP contribution >= 0.6 is 0 Å². The molecule has 0 saturated heterocycles. The molecule has 0 unspecified atom stereocenters. The molecule has 4 N–H and O–H groups in total. The van der Waals surface area contributed by atoms with Gasteiger partial charge >= 0.3 is 0 Å². The summed E-state index contributed by atoms with van der Waals surface area (Å²) in [5, 5.41) is 21.2. The predicted octanol–water partition coefficient (Wildman–Crippen LogP) is 3.22. The van der Waals surface area contributed by atoms with Gasteiger partial charge in [0.25, 0.3) is 0 Å². The second-order valence-corrected chi connectivity index (χ2v) is 7.67. The van der Waals surface area contributed by atoms with Gasteiger partial charge in [0.05, 0.1) is 30.5 Å². The molecule has 0 aliphatic heterocycles. The van der Waals surface area contributed by atoms with Gasteiger partial charge in [-0.2, -0.15) is 0 Å². The van der Waals surface area contributed by atoms with Crippen molar-refractivity contribution in [3.8, 4) is 11.3 Å². The first-order valence-electron chi connectivity index (χ1n) is 9.70. The summed E-state index contributed by atoms with van der Waals surface area (Å²) >= 11 is 0. The summed E-state index contributed by atoms with van der Waals surface area (Å²) in [6.07, 6.45) is 0.906. The van der Waals surface area contributed by atoms with E-state index in [1.165, 1.54) is 18.2 Å². The van der Waals surface area contributed by atoms with Gasteiger partial charge in [-0.1, -0.05) is 0 Å². The van der Waals surface area contributed by atoms with Gasteiger partial charge in [0.2, 0.25) is 5.91 Å². The molecule has 1 aliphatic carbocycles. The number of benzene rings is 2. The Hall–Kier alpha value is -2.84. The Bertz CT molecular complexity index is 1070. The highest BCUT2D eigenvalue weighted by atomic mass is 19.1. The third kappa shape index (κ3) is 3.68. The zero-order valence-electron chi connectivity index (χ0n) is 16.0. The monoisotopic (exact) mass is 418 g/mol. The van der Waals surface area contributed by atoms with Gasteiger partial charge < -0.3 is 20.5 Å². The van der Waals surface area contributed by atoms with E-state index >= 15 is 0 Å². The lowest BCUT2D eigenvalue weighted by Gasteiger charge is -2.35. The van der Waals surface area contributed by atoms with Gasteiger partial charge in [0, 0.05) is 17.4 Å². The summed E-state index contributed by atoms with van der Waals surface area (Å²) in [6, 6.07) is 7.06. The minimum atomic E-state index is -0.720. The largest absolute Gasteiger partial charge is 0.394 e. The molecule has 2 aromatic carbocycles. The van der Waals surface area contributed by atoms with Gasteiger partial charge in [-0.25, -0.2) is 13.2 Å². The number of aromatic nitrogens is 1. The van der Waals surface area contributed by atoms with Gasteiger partial charge in [-0.05, 0) is 60.2 Å². The number of aromatic amines is 1. The number of fused-ring (bicyclic) bond motifs is 1. The number of carbonyl (C=O) groups excluding carboxylic acids is 1. The quantitative estimate of drug-likeness (QED) is 0.496. The second-order valence-electron chi connectivity index (χ2n) is 7.67. The summed E-state index contributed by atoms with van der Waals surface area (Å²) in [6.45, 7) is -0.734. The predicted molar refractivity (Wildman–Crippen MR) is 105 cm³/mol. The number of amides is 1. The van der Waals surface area contributed by atoms with Gasteiger partial charge in [-0.3, -0.25) is 4.79 Å². The standard InChI is InChI=1S/C22H21F3N2O3/c23-14-3-1-11(2-4-14)20-19(17-7-15(24)8-18(25)21(17)27-20)12-5-13(6-12)22(30)26-16(9-28)10-29/h1-4,7-8,12-13,16,27-29H,5-6,9-10H2,(H,26,30)/t12-,13+. The van der Waals surface area contributed by atoms with Gasteiger partial charge in [0.1, 0.15) is 17.5 Å². The van der Waals surface area contributed by atoms with Crippen molar-refractivity contribution in [1.82, 2.24) is 10.3 Å². The van der Waals surface area contributed by atoms with E-state index < -0.39 is 23.5 Å². The van der Waals surface area contributed by atoms with Crippen molar-refractivity contribution < 1.29 is 28.2 Å². The SMILES string of the molecule is O=C(NC(CO)CO)[C@H]1C[C@@H](c2c(-c3ccc(F)cc3)[nH]c3c(F)cc(F)cc32)C1. The summed E-state index contributed by atoms with van der Waals surface area (Å²) in [5.74, 6) is -2.57. The van der Waals surface area contributed by atoms with E-state index in [0.29, 0.717) is 35.0 Å². The highest BCUT2D eigenvalue weighted by Gasteiger charge is 2.39. The molecule has 3 aromatic rings. The first kappa shape index (κ1) is 20.4. The molecule has 1 amide bonds. The minimum Gasteiger partial charge on any atom is -0.394 e. The fourth-order valence-electron chi connectivity index (χ4n) is 4.04. The van der Waals surface area contributed by atoms with Crippen LogP contribution < -0.4 is 5.32 Å². The van der Waals surface area contributed by atoms with Crippen molar-refractivity contribution in [3.63, 3.8) is 0 Å². The van der Waals surface area contributed by atoms with Crippen molar-refractivity contribution in [2.45, 2.75) is 24.8 Å². The average Bonchev–Trinajstić information content (AvgIpc) is 3.05. The first-order chi connectivity index (χ1) is 14.4. The Kier molecular flexibility index (Phi) is 5.53. The third-order valence-electron chi connectivity index (χ3n) is 5.70. The van der Waals surface area contributed by atoms with Crippen LogP contribution in [0.1, 0.15) is 24.3 Å². The number of hydrogen-bond donors (Lipinski definition) is 4. The van der Waals surface area contributed by atoms with E-state index in [1.807, 2.05) is 0 Å². The zero-order chi connectivity index (χ0) is 21.4. The summed E-state index contributed by atoms with van der Waals surface area (Å²) in [7, 11) is 0. The summed E-state index contributed by atoms with van der Waals surface area (Å²) in [5.41, 5.74) is 2.07. The van der Waals surface area contributed by atoms with Crippen LogP contribution in [0.5, 0.6) is 0 Å². The molecule has 1 heterocycles. The minimum absolute atomic E-state index is 0.127. The molecule has 5 nitrogen and oxygen atoms in total. The molecule has 0 radical (unpaired) electrons. The van der Waals surface area contributed by atoms with E-state index in [9.17, 15) is 18.0 Å². The molecule has 158 valence electrons. The molecule has 0 atom stereocenters. The molecule has 1 fully saturated rings. The maximum Gasteiger partial charge on any atom is 0.223 e. The van der Waals surface area contributed by atoms with Crippen LogP contribution in [0.25, 0.3) is 22.2 Å². The number of H-pyrrole nitrogens is 1. The van der Waals surface area contributed by atoms with Crippen LogP contribution in [0.3, 0.4) is 0 Å². The fraction of sp³-hybridized carbons (Fsp3) is 0.318. The van der Waals surface area contributed by atoms with E-state index in [2.05, 4.69) is 10.3 Å². The van der Waals surface area contributed by atoms with Crippen molar-refractivity contribution >= 4 is 16.8 Å². The van der Waals surface area contributed by atoms with E-state index in [-0.39, 0.29) is 36.5 Å². The molecular weight excluding hydrogens is 397 g/mol. The van der Waals surface area contributed by atoms with Crippen molar-refractivity contribution in [2.75, 3.05) is 13.2 Å². The van der Waals surface area contributed by atoms with Crippen LogP contribution in [-0.2, 0) is 4.79 Å². The molecule has 1 aromatic heterocycles. The molecule has 4 rings (SSSR count). The first-order valence-corrected chi connectivity index (χ1v) is 9.70. The third-order valence-corrected chi connectivity index (χ3v) is 5.70. The molecular formula is C22H21F3N2O3. The lowest BCUT2D eigenvalue weighted by molar-refractivity contribution is -0.129. The number of rotatable bonds is 6. The van der Waals surface area contributed by atoms with Crippen LogP contribution in [0, 0.1) is 23.4 Å². The van der Waals surface area contributed by atoms with Crippen molar-refractivity contribution in [3.05, 3.63) is 59.4 Å². The lowest BCUT2D eigenvalue weighted by atomic mass is 9.69. The summed E-state index contributed by atoms with van der Waals surface area (Å²) in [4.78, 5) is 15.3. The normalized spacial score (nSPS) is 18.6. The molecule has 30 heavy (non-hydrogen) atoms. The van der Waals surface area contributed by atoms with Crippen LogP contribution in [0.2, 0.25) is 0 Å². The Morgan fingerprint density at radius 2 is 1.73 bits per heavy atom. The molecule has 1 aliphatic rings. The maximum atomic E-state index is 14.4. The lowest BCUT2D eigenvalue weighted by Crippen LogP contribution is -2.46. The Morgan fingerprint density at radius 1 is 1.07 bits per heavy atom. The van der Waals surface area contributed by atoms with Crippen molar-refractivity contribution in [1.29, 1.82) is 0 Å². The zero-order valence-corrected chi connectivity index (χ0v) is 16.0. The van der Waals surface area contributed by atoms with E-state index in [4.69, 9.17) is 10.2 Å². The van der Waals surface area contributed by atoms with Gasteiger partial charge in [-0.15, -0.1) is 0 Å². The highest BCUT2D eigenvalue weighted by molar-refractivity contribution is 5.92. The number of aliphatic hydroxyl groups excluding tert-OH is 2. The Balaban J connectivity index is 1.67. The van der Waals surface area contributed by atoms with E-state index in [1.54, 1.807) is 12.1 Å². The smallest absolute Gasteiger partial charge is 0.223 e. The molecule has 1 saturated carbocycles. The number of carbonyl (C=O) groups is 1. The number of aliphatic hydroxyl groups is 2. The van der Waals surface area contributed by atoms with Crippen LogP contribution in [0.15, 0.2) is 36.4 Å². The fourth-order valence-corrected chi connectivity index (χ4v) is 4.04. The average molecular weight is 418 g/mol. The van der Waals surface area contributed by atoms with Crippen LogP contribution in [0.4, 0.5) is 13.2 Å². The maximum absolute atomic E-state index is 14.4. The molecule has 0 spiro atoms. The number of hydrogen-bond acceptors (Lipinski definition) is 3. The number of halogens is 3. The number of nitrogens with one attached hydrogen (secondary N) is 2. The topological polar surface area (TPSA) is 85.3 Å². The van der Waals surface area contributed by atoms with E-state index in [0.717, 1.165) is 6.07 Å². The van der Waals surface area contributed by atoms with Crippen molar-refractivity contribution in [2.24, 2.45) is 5.92 Å². The molecule has 8 heteroatoms. The van der Waals surface area contributed by atoms with Crippen LogP contribution in [-0.4, -0.2) is 40.4 Å². The second kappa shape index (κ2) is 8.12. The Labute approximate surface area is 170 Å². The summed E-state index contributed by atoms with van der Waals surface area (Å²) < 4.78 is 41.7. The van der Waals surface area contributed by atoms with Gasteiger partial charge in [0.15, 0.2) is 0 Å². The highest BCUT2D eigenvalue weighted by Crippen LogP contribution is 2.48. The molecule has 0 bridgehead atoms. The Morgan fingerprint density at radius 3 is 2.37 bits per heavy atom.